The summed E-state index contributed by atoms with van der Waals surface area (Å²) in [5, 5.41) is 10.0. The summed E-state index contributed by atoms with van der Waals surface area (Å²) in [6, 6.07) is 11.2. The van der Waals surface area contributed by atoms with Gasteiger partial charge in [-0.1, -0.05) is 30.7 Å². The highest BCUT2D eigenvalue weighted by Crippen LogP contribution is 2.44. The van der Waals surface area contributed by atoms with Gasteiger partial charge in [-0.05, 0) is 49.9 Å². The maximum Gasteiger partial charge on any atom is 0.280 e. The Labute approximate surface area is 186 Å². The molecule has 0 spiro atoms. The SMILES string of the molecule is CC(C)(O)c1ccc(C(=O)N=C(N)C2(c3ccc(-c4cnc(N)nc4)cc3)CCC2)cn1. The number of aromatic nitrogens is 3. The molecule has 0 unspecified atom stereocenters. The largest absolute Gasteiger partial charge is 0.386 e. The molecule has 1 amide bonds. The average molecular weight is 431 g/mol. The molecule has 32 heavy (non-hydrogen) atoms. The Hall–Kier alpha value is -3.65. The van der Waals surface area contributed by atoms with Gasteiger partial charge in [-0.3, -0.25) is 9.78 Å². The van der Waals surface area contributed by atoms with Crippen molar-refractivity contribution in [1.29, 1.82) is 0 Å². The number of pyridine rings is 1. The zero-order valence-corrected chi connectivity index (χ0v) is 18.1. The summed E-state index contributed by atoms with van der Waals surface area (Å²) in [7, 11) is 0. The van der Waals surface area contributed by atoms with Crippen molar-refractivity contribution in [3.05, 3.63) is 71.8 Å². The van der Waals surface area contributed by atoms with Gasteiger partial charge in [0.05, 0.1) is 16.7 Å². The van der Waals surface area contributed by atoms with Crippen LogP contribution in [0.4, 0.5) is 5.95 Å². The lowest BCUT2D eigenvalue weighted by Crippen LogP contribution is -2.47. The van der Waals surface area contributed by atoms with Gasteiger partial charge in [0, 0.05) is 24.2 Å². The number of amides is 1. The fraction of sp³-hybridized carbons (Fsp3) is 0.292. The molecule has 4 rings (SSSR count). The summed E-state index contributed by atoms with van der Waals surface area (Å²) in [6.45, 7) is 3.28. The van der Waals surface area contributed by atoms with Crippen LogP contribution in [0.3, 0.4) is 0 Å². The molecule has 1 aliphatic rings. The van der Waals surface area contributed by atoms with E-state index in [2.05, 4.69) is 19.9 Å². The Morgan fingerprint density at radius 1 is 1.00 bits per heavy atom. The molecule has 1 saturated carbocycles. The van der Waals surface area contributed by atoms with Crippen LogP contribution in [-0.2, 0) is 11.0 Å². The van der Waals surface area contributed by atoms with Gasteiger partial charge in [0.25, 0.3) is 5.91 Å². The van der Waals surface area contributed by atoms with Gasteiger partial charge in [-0.2, -0.15) is 4.99 Å². The molecule has 8 heteroatoms. The number of nitrogens with zero attached hydrogens (tertiary/aromatic N) is 4. The molecular weight excluding hydrogens is 404 g/mol. The van der Waals surface area contributed by atoms with Crippen LogP contribution in [0.2, 0.25) is 0 Å². The van der Waals surface area contributed by atoms with E-state index in [-0.39, 0.29) is 5.95 Å². The summed E-state index contributed by atoms with van der Waals surface area (Å²) in [5.41, 5.74) is 14.1. The molecule has 164 valence electrons. The molecular formula is C24H26N6O2. The Bertz CT molecular complexity index is 1140. The minimum Gasteiger partial charge on any atom is -0.386 e. The Morgan fingerprint density at radius 3 is 2.16 bits per heavy atom. The predicted octanol–water partition coefficient (Wildman–Crippen LogP) is 2.97. The standard InChI is InChI=1S/C24H26N6O2/c1-23(2,32)19-9-6-16(12-27-19)20(31)30-21(25)24(10-3-11-24)18-7-4-15(5-8-18)17-13-28-22(26)29-14-17/h4-9,12-14,32H,3,10-11H2,1-2H3,(H2,25,30,31)(H2,26,28,29). The molecule has 3 aromatic rings. The molecule has 2 heterocycles. The molecule has 0 bridgehead atoms. The fourth-order valence-corrected chi connectivity index (χ4v) is 3.86. The number of carbonyl (C=O) groups is 1. The van der Waals surface area contributed by atoms with E-state index in [9.17, 15) is 9.90 Å². The molecule has 0 radical (unpaired) electrons. The lowest BCUT2D eigenvalue weighted by atomic mass is 9.63. The van der Waals surface area contributed by atoms with Crippen molar-refractivity contribution >= 4 is 17.7 Å². The highest BCUT2D eigenvalue weighted by molar-refractivity contribution is 6.06. The third-order valence-corrected chi connectivity index (χ3v) is 6.00. The van der Waals surface area contributed by atoms with E-state index in [1.165, 1.54) is 6.20 Å². The van der Waals surface area contributed by atoms with Crippen LogP contribution in [0, 0.1) is 0 Å². The fourth-order valence-electron chi connectivity index (χ4n) is 3.86. The molecule has 5 N–H and O–H groups in total. The number of amidine groups is 1. The van der Waals surface area contributed by atoms with Crippen LogP contribution in [0.1, 0.15) is 54.7 Å². The maximum atomic E-state index is 12.7. The monoisotopic (exact) mass is 430 g/mol. The minimum absolute atomic E-state index is 0.234. The first kappa shape index (κ1) is 21.6. The highest BCUT2D eigenvalue weighted by atomic mass is 16.3. The molecule has 1 aliphatic carbocycles. The highest BCUT2D eigenvalue weighted by Gasteiger charge is 2.42. The number of anilines is 1. The van der Waals surface area contributed by atoms with E-state index in [1.54, 1.807) is 38.4 Å². The zero-order chi connectivity index (χ0) is 22.9. The van der Waals surface area contributed by atoms with Crippen LogP contribution >= 0.6 is 0 Å². The van der Waals surface area contributed by atoms with Crippen molar-refractivity contribution in [2.45, 2.75) is 44.1 Å². The van der Waals surface area contributed by atoms with E-state index >= 15 is 0 Å². The minimum atomic E-state index is -1.08. The van der Waals surface area contributed by atoms with Crippen LogP contribution < -0.4 is 11.5 Å². The number of aliphatic hydroxyl groups is 1. The number of nitrogens with two attached hydrogens (primary N) is 2. The third kappa shape index (κ3) is 4.09. The molecule has 1 fully saturated rings. The van der Waals surface area contributed by atoms with Crippen LogP contribution in [-0.4, -0.2) is 31.8 Å². The lowest BCUT2D eigenvalue weighted by Gasteiger charge is -2.41. The number of hydrogen-bond donors (Lipinski definition) is 3. The first-order valence-electron chi connectivity index (χ1n) is 10.5. The molecule has 1 aromatic carbocycles. The summed E-state index contributed by atoms with van der Waals surface area (Å²) in [6.07, 6.45) is 7.46. The van der Waals surface area contributed by atoms with Gasteiger partial charge in [0.2, 0.25) is 5.95 Å². The van der Waals surface area contributed by atoms with E-state index in [1.807, 2.05) is 24.3 Å². The first-order chi connectivity index (χ1) is 15.2. The van der Waals surface area contributed by atoms with Crippen molar-refractivity contribution in [2.75, 3.05) is 5.73 Å². The number of benzene rings is 1. The van der Waals surface area contributed by atoms with Gasteiger partial charge in [-0.15, -0.1) is 0 Å². The van der Waals surface area contributed by atoms with Gasteiger partial charge < -0.3 is 16.6 Å². The number of rotatable bonds is 5. The predicted molar refractivity (Wildman–Crippen MR) is 123 cm³/mol. The summed E-state index contributed by atoms with van der Waals surface area (Å²) in [4.78, 5) is 29.2. The maximum absolute atomic E-state index is 12.7. The smallest absolute Gasteiger partial charge is 0.280 e. The second-order valence-corrected chi connectivity index (χ2v) is 8.64. The van der Waals surface area contributed by atoms with Crippen molar-refractivity contribution in [3.63, 3.8) is 0 Å². The normalized spacial score (nSPS) is 15.8. The Kier molecular flexibility index (Phi) is 5.48. The van der Waals surface area contributed by atoms with Gasteiger partial charge in [0.15, 0.2) is 0 Å². The van der Waals surface area contributed by atoms with Gasteiger partial charge in [0.1, 0.15) is 11.4 Å². The van der Waals surface area contributed by atoms with E-state index < -0.39 is 16.9 Å². The second-order valence-electron chi connectivity index (χ2n) is 8.64. The summed E-state index contributed by atoms with van der Waals surface area (Å²) >= 11 is 0. The third-order valence-electron chi connectivity index (χ3n) is 6.00. The quantitative estimate of drug-likeness (QED) is 0.417. The van der Waals surface area contributed by atoms with E-state index in [4.69, 9.17) is 11.5 Å². The Balaban J connectivity index is 1.57. The van der Waals surface area contributed by atoms with Crippen molar-refractivity contribution in [3.8, 4) is 11.1 Å². The lowest BCUT2D eigenvalue weighted by molar-refractivity contribution is 0.0737. The topological polar surface area (TPSA) is 140 Å². The van der Waals surface area contributed by atoms with Crippen molar-refractivity contribution in [1.82, 2.24) is 15.0 Å². The zero-order valence-electron chi connectivity index (χ0n) is 18.1. The average Bonchev–Trinajstić information content (AvgIpc) is 2.73. The summed E-state index contributed by atoms with van der Waals surface area (Å²) in [5.74, 6) is 0.0976. The summed E-state index contributed by atoms with van der Waals surface area (Å²) < 4.78 is 0. The number of nitrogen functional groups attached to an aromatic ring is 1. The van der Waals surface area contributed by atoms with E-state index in [0.717, 1.165) is 36.0 Å². The molecule has 0 aliphatic heterocycles. The first-order valence-corrected chi connectivity index (χ1v) is 10.5. The van der Waals surface area contributed by atoms with Crippen LogP contribution in [0.5, 0.6) is 0 Å². The number of hydrogen-bond acceptors (Lipinski definition) is 6. The Morgan fingerprint density at radius 2 is 1.66 bits per heavy atom. The number of aliphatic imine (C=N–C) groups is 1. The molecule has 0 saturated heterocycles. The second kappa shape index (κ2) is 8.12. The van der Waals surface area contributed by atoms with Gasteiger partial charge >= 0.3 is 0 Å². The molecule has 2 aromatic heterocycles. The van der Waals surface area contributed by atoms with Crippen molar-refractivity contribution in [2.24, 2.45) is 10.7 Å². The van der Waals surface area contributed by atoms with Gasteiger partial charge in [-0.25, -0.2) is 9.97 Å². The molecule has 8 nitrogen and oxygen atoms in total. The van der Waals surface area contributed by atoms with Crippen LogP contribution in [0.15, 0.2) is 60.0 Å². The number of carbonyl (C=O) groups excluding carboxylic acids is 1. The molecule has 0 atom stereocenters. The van der Waals surface area contributed by atoms with Crippen LogP contribution in [0.25, 0.3) is 11.1 Å². The van der Waals surface area contributed by atoms with E-state index in [0.29, 0.717) is 17.1 Å². The van der Waals surface area contributed by atoms with Crippen molar-refractivity contribution < 1.29 is 9.90 Å².